The van der Waals surface area contributed by atoms with Gasteiger partial charge in [0.2, 0.25) is 0 Å². The maximum Gasteiger partial charge on any atom is 0.252 e. The summed E-state index contributed by atoms with van der Waals surface area (Å²) < 4.78 is 3.60. The number of nitrogens with zero attached hydrogens (tertiary/aromatic N) is 3. The summed E-state index contributed by atoms with van der Waals surface area (Å²) in [5, 5.41) is 8.20. The van der Waals surface area contributed by atoms with Crippen molar-refractivity contribution in [1.82, 2.24) is 19.4 Å². The Morgan fingerprint density at radius 1 is 1.03 bits per heavy atom. The number of hydrogen-bond acceptors (Lipinski definition) is 6. The van der Waals surface area contributed by atoms with Gasteiger partial charge in [0.15, 0.2) is 0 Å². The number of benzene rings is 1. The van der Waals surface area contributed by atoms with E-state index in [1.807, 2.05) is 28.5 Å². The number of anilines is 1. The van der Waals surface area contributed by atoms with Crippen LogP contribution < -0.4 is 21.8 Å². The Balaban J connectivity index is 1.06. The number of likely N-dealkylation sites (tertiary alicyclic amines) is 1. The van der Waals surface area contributed by atoms with Gasteiger partial charge in [0.25, 0.3) is 11.1 Å². The molecule has 172 valence electrons. The fourth-order valence-corrected chi connectivity index (χ4v) is 6.34. The second-order valence-corrected chi connectivity index (χ2v) is 10.5. The van der Waals surface area contributed by atoms with Crippen molar-refractivity contribution in [2.24, 2.45) is 0 Å². The highest BCUT2D eigenvalue weighted by Crippen LogP contribution is 2.31. The van der Waals surface area contributed by atoms with E-state index >= 15 is 0 Å². The zero-order valence-corrected chi connectivity index (χ0v) is 19.4. The molecule has 1 saturated heterocycles. The molecular formula is C25H29N5O2S. The molecule has 0 amide bonds. The zero-order valence-electron chi connectivity index (χ0n) is 18.6. The van der Waals surface area contributed by atoms with E-state index < -0.39 is 0 Å². The lowest BCUT2D eigenvalue weighted by Crippen LogP contribution is -2.44. The Bertz CT molecular complexity index is 1300. The second kappa shape index (κ2) is 8.66. The van der Waals surface area contributed by atoms with Crippen molar-refractivity contribution < 1.29 is 0 Å². The molecule has 3 aromatic rings. The van der Waals surface area contributed by atoms with Crippen LogP contribution >= 0.6 is 11.8 Å². The van der Waals surface area contributed by atoms with Crippen LogP contribution in [0.4, 0.5) is 5.69 Å². The Morgan fingerprint density at radius 2 is 1.85 bits per heavy atom. The van der Waals surface area contributed by atoms with Crippen LogP contribution in [-0.4, -0.2) is 52.0 Å². The Labute approximate surface area is 196 Å². The molecule has 6 rings (SSSR count). The first-order valence-corrected chi connectivity index (χ1v) is 12.8. The number of piperidine rings is 1. The van der Waals surface area contributed by atoms with Gasteiger partial charge in [-0.1, -0.05) is 6.07 Å². The standard InChI is InChI=1S/C25H29N5O2S/c31-23-5-2-18-3-6-24(32)30-20(16-29(23)25(18)30)15-28-10-7-19(8-11-28)27-14-17-1-4-22-21(13-17)26-9-12-33-22/h1-6,13,19-20,26-27H,7-12,14-16H2. The van der Waals surface area contributed by atoms with Gasteiger partial charge < -0.3 is 15.5 Å². The van der Waals surface area contributed by atoms with E-state index in [4.69, 9.17) is 0 Å². The number of nitrogens with one attached hydrogen (secondary N) is 2. The number of aromatic nitrogens is 2. The van der Waals surface area contributed by atoms with Crippen molar-refractivity contribution in [2.75, 3.05) is 37.2 Å². The first-order chi connectivity index (χ1) is 16.2. The van der Waals surface area contributed by atoms with Gasteiger partial charge in [0.1, 0.15) is 5.65 Å². The molecule has 1 unspecified atom stereocenters. The molecule has 0 bridgehead atoms. The molecule has 0 aliphatic carbocycles. The average molecular weight is 464 g/mol. The maximum absolute atomic E-state index is 12.6. The molecular weight excluding hydrogens is 434 g/mol. The van der Waals surface area contributed by atoms with Gasteiger partial charge in [0, 0.05) is 66.1 Å². The molecule has 2 N–H and O–H groups in total. The normalized spacial score (nSPS) is 20.7. The number of rotatable bonds is 5. The van der Waals surface area contributed by atoms with E-state index in [0.29, 0.717) is 12.6 Å². The van der Waals surface area contributed by atoms with Crippen LogP contribution in [0.3, 0.4) is 0 Å². The van der Waals surface area contributed by atoms with Gasteiger partial charge in [-0.05, 0) is 55.8 Å². The number of pyridine rings is 2. The third kappa shape index (κ3) is 4.00. The molecule has 5 heterocycles. The fourth-order valence-electron chi connectivity index (χ4n) is 5.47. The summed E-state index contributed by atoms with van der Waals surface area (Å²) in [6, 6.07) is 14.1. The van der Waals surface area contributed by atoms with Crippen molar-refractivity contribution >= 4 is 28.5 Å². The predicted molar refractivity (Wildman–Crippen MR) is 133 cm³/mol. The highest BCUT2D eigenvalue weighted by Gasteiger charge is 2.29. The molecule has 1 aromatic carbocycles. The predicted octanol–water partition coefficient (Wildman–Crippen LogP) is 2.49. The third-order valence-corrected chi connectivity index (χ3v) is 8.26. The molecule has 1 fully saturated rings. The minimum atomic E-state index is -0.0248. The lowest BCUT2D eigenvalue weighted by molar-refractivity contribution is 0.171. The molecule has 2 aromatic heterocycles. The highest BCUT2D eigenvalue weighted by molar-refractivity contribution is 7.99. The first-order valence-electron chi connectivity index (χ1n) is 11.9. The van der Waals surface area contributed by atoms with Gasteiger partial charge in [-0.15, -0.1) is 11.8 Å². The van der Waals surface area contributed by atoms with Crippen LogP contribution in [0.1, 0.15) is 24.4 Å². The number of thioether (sulfide) groups is 1. The van der Waals surface area contributed by atoms with Gasteiger partial charge in [0.05, 0.1) is 6.04 Å². The van der Waals surface area contributed by atoms with E-state index in [1.54, 1.807) is 16.7 Å². The molecule has 0 spiro atoms. The van der Waals surface area contributed by atoms with Crippen molar-refractivity contribution in [3.05, 3.63) is 68.7 Å². The molecule has 8 heteroatoms. The summed E-state index contributed by atoms with van der Waals surface area (Å²) in [5.41, 5.74) is 3.33. The molecule has 33 heavy (non-hydrogen) atoms. The minimum absolute atomic E-state index is 0.0150. The lowest BCUT2D eigenvalue weighted by atomic mass is 10.0. The number of fused-ring (bicyclic) bond motifs is 1. The highest BCUT2D eigenvalue weighted by atomic mass is 32.2. The van der Waals surface area contributed by atoms with Crippen LogP contribution in [-0.2, 0) is 13.1 Å². The van der Waals surface area contributed by atoms with Gasteiger partial charge in [-0.3, -0.25) is 18.7 Å². The van der Waals surface area contributed by atoms with E-state index in [1.165, 1.54) is 16.1 Å². The smallest absolute Gasteiger partial charge is 0.252 e. The fraction of sp³-hybridized carbons (Fsp3) is 0.440. The van der Waals surface area contributed by atoms with Crippen LogP contribution in [0, 0.1) is 0 Å². The second-order valence-electron chi connectivity index (χ2n) is 9.32. The monoisotopic (exact) mass is 463 g/mol. The minimum Gasteiger partial charge on any atom is -0.383 e. The van der Waals surface area contributed by atoms with Crippen molar-refractivity contribution in [2.45, 2.75) is 42.9 Å². The van der Waals surface area contributed by atoms with E-state index in [0.717, 1.165) is 62.4 Å². The first kappa shape index (κ1) is 21.0. The van der Waals surface area contributed by atoms with Crippen LogP contribution in [0.25, 0.3) is 11.0 Å². The van der Waals surface area contributed by atoms with Crippen LogP contribution in [0.2, 0.25) is 0 Å². The summed E-state index contributed by atoms with van der Waals surface area (Å²) in [4.78, 5) is 28.8. The largest absolute Gasteiger partial charge is 0.383 e. The van der Waals surface area contributed by atoms with Crippen molar-refractivity contribution in [3.8, 4) is 0 Å². The van der Waals surface area contributed by atoms with E-state index in [9.17, 15) is 9.59 Å². The van der Waals surface area contributed by atoms with E-state index in [-0.39, 0.29) is 17.2 Å². The van der Waals surface area contributed by atoms with Crippen molar-refractivity contribution in [3.63, 3.8) is 0 Å². The average Bonchev–Trinajstić information content (AvgIpc) is 3.23. The lowest BCUT2D eigenvalue weighted by Gasteiger charge is -2.34. The van der Waals surface area contributed by atoms with Gasteiger partial charge in [-0.25, -0.2) is 0 Å². The Kier molecular flexibility index (Phi) is 5.52. The summed E-state index contributed by atoms with van der Waals surface area (Å²) >= 11 is 1.92. The van der Waals surface area contributed by atoms with Crippen LogP contribution in [0.5, 0.6) is 0 Å². The Morgan fingerprint density at radius 3 is 2.70 bits per heavy atom. The molecule has 3 aliphatic heterocycles. The summed E-state index contributed by atoms with van der Waals surface area (Å²) in [6.45, 7) is 5.33. The van der Waals surface area contributed by atoms with Crippen molar-refractivity contribution in [1.29, 1.82) is 0 Å². The van der Waals surface area contributed by atoms with Gasteiger partial charge >= 0.3 is 0 Å². The maximum atomic E-state index is 12.6. The van der Waals surface area contributed by atoms with E-state index in [2.05, 4.69) is 33.7 Å². The summed E-state index contributed by atoms with van der Waals surface area (Å²) in [5.74, 6) is 1.14. The number of hydrogen-bond donors (Lipinski definition) is 2. The topological polar surface area (TPSA) is 71.3 Å². The molecule has 0 saturated carbocycles. The molecule has 3 aliphatic rings. The summed E-state index contributed by atoms with van der Waals surface area (Å²) in [6.07, 6.45) is 2.19. The quantitative estimate of drug-likeness (QED) is 0.606. The summed E-state index contributed by atoms with van der Waals surface area (Å²) in [7, 11) is 0. The Hall–Kier alpha value is -2.55. The van der Waals surface area contributed by atoms with Gasteiger partial charge in [-0.2, -0.15) is 0 Å². The molecule has 7 nitrogen and oxygen atoms in total. The third-order valence-electron chi connectivity index (χ3n) is 7.19. The van der Waals surface area contributed by atoms with Crippen LogP contribution in [0.15, 0.2) is 56.9 Å². The molecule has 0 radical (unpaired) electrons. The molecule has 1 atom stereocenters. The SMILES string of the molecule is O=c1ccc2ccc(=O)n3c2n1CC3CN1CCC(NCc2ccc3c(c2)NCCS3)CC1. The zero-order chi connectivity index (χ0) is 22.4.